The maximum Gasteiger partial charge on any atom is 0.307 e. The van der Waals surface area contributed by atoms with Crippen molar-refractivity contribution >= 4 is 16.2 Å². The Bertz CT molecular complexity index is 398. The van der Waals surface area contributed by atoms with E-state index in [-0.39, 0.29) is 6.54 Å². The molecule has 0 radical (unpaired) electrons. The average Bonchev–Trinajstić information content (AvgIpc) is 2.39. The summed E-state index contributed by atoms with van der Waals surface area (Å²) in [6, 6.07) is 0. The molecular formula is C11H22N2O5S. The molecule has 0 aromatic heterocycles. The summed E-state index contributed by atoms with van der Waals surface area (Å²) in [7, 11) is -0.486. The van der Waals surface area contributed by atoms with Crippen LogP contribution in [-0.4, -0.2) is 68.5 Å². The lowest BCUT2D eigenvalue weighted by molar-refractivity contribution is -0.142. The van der Waals surface area contributed by atoms with Gasteiger partial charge in [-0.25, -0.2) is 0 Å². The lowest BCUT2D eigenvalue weighted by Crippen LogP contribution is -2.48. The van der Waals surface area contributed by atoms with Crippen LogP contribution < -0.4 is 0 Å². The lowest BCUT2D eigenvalue weighted by Gasteiger charge is -2.32. The minimum Gasteiger partial charge on any atom is -0.481 e. The van der Waals surface area contributed by atoms with Crippen molar-refractivity contribution in [3.05, 3.63) is 0 Å². The van der Waals surface area contributed by atoms with Crippen LogP contribution in [-0.2, 0) is 19.7 Å². The van der Waals surface area contributed by atoms with Gasteiger partial charge < -0.3 is 9.84 Å². The maximum absolute atomic E-state index is 12.3. The van der Waals surface area contributed by atoms with Crippen LogP contribution in [0.3, 0.4) is 0 Å². The third-order valence-corrected chi connectivity index (χ3v) is 5.23. The monoisotopic (exact) mass is 294 g/mol. The number of carboxylic acids is 1. The highest BCUT2D eigenvalue weighted by Crippen LogP contribution is 2.20. The Labute approximate surface area is 114 Å². The van der Waals surface area contributed by atoms with E-state index in [1.165, 1.54) is 15.7 Å². The van der Waals surface area contributed by atoms with Crippen LogP contribution in [0.4, 0.5) is 0 Å². The fourth-order valence-corrected chi connectivity index (χ4v) is 3.58. The van der Waals surface area contributed by atoms with E-state index in [0.717, 1.165) is 0 Å². The Kier molecular flexibility index (Phi) is 6.18. The minimum atomic E-state index is -3.56. The first-order valence-corrected chi connectivity index (χ1v) is 7.72. The van der Waals surface area contributed by atoms with Gasteiger partial charge in [-0.3, -0.25) is 4.79 Å². The topological polar surface area (TPSA) is 87.2 Å². The summed E-state index contributed by atoms with van der Waals surface area (Å²) >= 11 is 0. The van der Waals surface area contributed by atoms with E-state index in [0.29, 0.717) is 39.0 Å². The van der Waals surface area contributed by atoms with Crippen LogP contribution in [0.5, 0.6) is 0 Å². The molecule has 1 atom stereocenters. The van der Waals surface area contributed by atoms with Crippen molar-refractivity contribution in [1.82, 2.24) is 8.61 Å². The number of nitrogens with zero attached hydrogens (tertiary/aromatic N) is 2. The molecule has 1 aliphatic heterocycles. The number of hydrogen-bond acceptors (Lipinski definition) is 4. The molecule has 1 aliphatic rings. The van der Waals surface area contributed by atoms with E-state index in [1.54, 1.807) is 7.11 Å². The molecule has 1 unspecified atom stereocenters. The number of piperidine rings is 1. The van der Waals surface area contributed by atoms with Crippen LogP contribution in [0, 0.1) is 5.92 Å². The molecule has 1 heterocycles. The molecule has 0 aromatic carbocycles. The summed E-state index contributed by atoms with van der Waals surface area (Å²) in [6.45, 7) is 1.31. The second-order valence-corrected chi connectivity index (χ2v) is 6.75. The van der Waals surface area contributed by atoms with Gasteiger partial charge in [-0.15, -0.1) is 0 Å². The Morgan fingerprint density at radius 3 is 2.79 bits per heavy atom. The van der Waals surface area contributed by atoms with E-state index < -0.39 is 22.1 Å². The van der Waals surface area contributed by atoms with Gasteiger partial charge in [0.1, 0.15) is 0 Å². The van der Waals surface area contributed by atoms with Gasteiger partial charge in [0.05, 0.1) is 5.92 Å². The molecule has 112 valence electrons. The van der Waals surface area contributed by atoms with Crippen molar-refractivity contribution in [3.8, 4) is 0 Å². The first-order valence-electron chi connectivity index (χ1n) is 6.32. The van der Waals surface area contributed by atoms with Gasteiger partial charge >= 0.3 is 5.97 Å². The zero-order valence-electron chi connectivity index (χ0n) is 11.4. The smallest absolute Gasteiger partial charge is 0.307 e. The van der Waals surface area contributed by atoms with Crippen molar-refractivity contribution in [1.29, 1.82) is 0 Å². The van der Waals surface area contributed by atoms with Gasteiger partial charge in [-0.2, -0.15) is 17.0 Å². The molecular weight excluding hydrogens is 272 g/mol. The predicted molar refractivity (Wildman–Crippen MR) is 70.0 cm³/mol. The number of ether oxygens (including phenoxy) is 1. The van der Waals surface area contributed by atoms with E-state index in [4.69, 9.17) is 9.84 Å². The SMILES string of the molecule is COCCCN(C)S(=O)(=O)N1CCCC(C(=O)O)C1. The van der Waals surface area contributed by atoms with Crippen molar-refractivity contribution in [2.45, 2.75) is 19.3 Å². The second kappa shape index (κ2) is 7.18. The molecule has 8 heteroatoms. The Hall–Kier alpha value is -0.700. The summed E-state index contributed by atoms with van der Waals surface area (Å²) in [5, 5.41) is 8.98. The molecule has 0 aromatic rings. The minimum absolute atomic E-state index is 0.0618. The Morgan fingerprint density at radius 1 is 1.53 bits per heavy atom. The zero-order chi connectivity index (χ0) is 14.5. The highest BCUT2D eigenvalue weighted by atomic mass is 32.2. The third-order valence-electron chi connectivity index (χ3n) is 3.27. The Morgan fingerprint density at radius 2 is 2.21 bits per heavy atom. The van der Waals surface area contributed by atoms with Gasteiger partial charge in [0.25, 0.3) is 10.2 Å². The average molecular weight is 294 g/mol. The number of carbonyl (C=O) groups is 1. The quantitative estimate of drug-likeness (QED) is 0.668. The molecule has 7 nitrogen and oxygen atoms in total. The number of carboxylic acid groups (broad SMARTS) is 1. The van der Waals surface area contributed by atoms with Gasteiger partial charge in [0.15, 0.2) is 0 Å². The van der Waals surface area contributed by atoms with Crippen molar-refractivity contribution in [2.75, 3.05) is 40.4 Å². The Balaban J connectivity index is 2.62. The van der Waals surface area contributed by atoms with E-state index in [2.05, 4.69) is 0 Å². The van der Waals surface area contributed by atoms with Crippen LogP contribution in [0.15, 0.2) is 0 Å². The molecule has 1 fully saturated rings. The molecule has 1 N–H and O–H groups in total. The molecule has 0 amide bonds. The first kappa shape index (κ1) is 16.4. The predicted octanol–water partition coefficient (Wildman–Crippen LogP) is -0.00390. The summed E-state index contributed by atoms with van der Waals surface area (Å²) in [5.41, 5.74) is 0. The number of aliphatic carboxylic acids is 1. The third kappa shape index (κ3) is 4.41. The largest absolute Gasteiger partial charge is 0.481 e. The first-order chi connectivity index (χ1) is 8.89. The molecule has 0 spiro atoms. The molecule has 0 aliphatic carbocycles. The van der Waals surface area contributed by atoms with Crippen LogP contribution >= 0.6 is 0 Å². The van der Waals surface area contributed by atoms with Crippen LogP contribution in [0.25, 0.3) is 0 Å². The molecule has 0 saturated carbocycles. The second-order valence-electron chi connectivity index (χ2n) is 4.71. The summed E-state index contributed by atoms with van der Waals surface area (Å²) in [4.78, 5) is 11.0. The maximum atomic E-state index is 12.3. The van der Waals surface area contributed by atoms with Crippen molar-refractivity contribution in [3.63, 3.8) is 0 Å². The molecule has 19 heavy (non-hydrogen) atoms. The fourth-order valence-electron chi connectivity index (χ4n) is 2.10. The van der Waals surface area contributed by atoms with Crippen LogP contribution in [0.1, 0.15) is 19.3 Å². The normalized spacial score (nSPS) is 21.7. The van der Waals surface area contributed by atoms with E-state index >= 15 is 0 Å². The van der Waals surface area contributed by atoms with Crippen LogP contribution in [0.2, 0.25) is 0 Å². The van der Waals surface area contributed by atoms with Gasteiger partial charge in [-0.05, 0) is 19.3 Å². The molecule has 0 bridgehead atoms. The number of methoxy groups -OCH3 is 1. The summed E-state index contributed by atoms with van der Waals surface area (Å²) < 4.78 is 31.9. The number of hydrogen-bond donors (Lipinski definition) is 1. The molecule has 1 saturated heterocycles. The zero-order valence-corrected chi connectivity index (χ0v) is 12.2. The summed E-state index contributed by atoms with van der Waals surface area (Å²) in [5.74, 6) is -1.53. The fraction of sp³-hybridized carbons (Fsp3) is 0.909. The highest BCUT2D eigenvalue weighted by molar-refractivity contribution is 7.86. The van der Waals surface area contributed by atoms with Gasteiger partial charge in [0, 0.05) is 40.4 Å². The van der Waals surface area contributed by atoms with Gasteiger partial charge in [0.2, 0.25) is 0 Å². The highest BCUT2D eigenvalue weighted by Gasteiger charge is 2.34. The lowest BCUT2D eigenvalue weighted by atomic mass is 10.0. The van der Waals surface area contributed by atoms with E-state index in [9.17, 15) is 13.2 Å². The van der Waals surface area contributed by atoms with E-state index in [1.807, 2.05) is 0 Å². The molecule has 1 rings (SSSR count). The van der Waals surface area contributed by atoms with Crippen molar-refractivity contribution in [2.24, 2.45) is 5.92 Å². The standard InChI is InChI=1S/C11H22N2O5S/c1-12(6-4-8-18-2)19(16,17)13-7-3-5-10(9-13)11(14)15/h10H,3-9H2,1-2H3,(H,14,15). The summed E-state index contributed by atoms with van der Waals surface area (Å²) in [6.07, 6.45) is 1.74. The van der Waals surface area contributed by atoms with Gasteiger partial charge in [-0.1, -0.05) is 0 Å². The van der Waals surface area contributed by atoms with Crippen molar-refractivity contribution < 1.29 is 23.1 Å². The number of rotatable bonds is 7.